The minimum absolute atomic E-state index is 0.0209. The third-order valence-corrected chi connectivity index (χ3v) is 3.44. The molecule has 2 aromatic rings. The minimum Gasteiger partial charge on any atom is -0.481 e. The normalized spacial score (nSPS) is 9.81. The highest BCUT2D eigenvalue weighted by molar-refractivity contribution is 7.10. The molecular formula is C14H11FN2O3S. The lowest BCUT2D eigenvalue weighted by atomic mass is 10.2. The number of rotatable bonds is 4. The van der Waals surface area contributed by atoms with Crippen LogP contribution in [0, 0.1) is 27.8 Å². The second kappa shape index (κ2) is 6.83. The summed E-state index contributed by atoms with van der Waals surface area (Å²) in [5.74, 6) is 4.97. The molecule has 108 valence electrons. The Morgan fingerprint density at radius 2 is 2.24 bits per heavy atom. The number of benzene rings is 1. The summed E-state index contributed by atoms with van der Waals surface area (Å²) in [4.78, 5) is 11.0. The zero-order chi connectivity index (χ0) is 15.2. The molecule has 0 bridgehead atoms. The van der Waals surface area contributed by atoms with Gasteiger partial charge in [0.15, 0.2) is 5.75 Å². The van der Waals surface area contributed by atoms with Crippen LogP contribution in [0.5, 0.6) is 5.75 Å². The van der Waals surface area contributed by atoms with Gasteiger partial charge in [-0.1, -0.05) is 11.8 Å². The van der Waals surface area contributed by atoms with Crippen LogP contribution in [0.2, 0.25) is 0 Å². The van der Waals surface area contributed by atoms with Crippen molar-refractivity contribution in [2.24, 2.45) is 5.73 Å². The van der Waals surface area contributed by atoms with Crippen LogP contribution in [0.1, 0.15) is 10.4 Å². The molecule has 1 aromatic heterocycles. The minimum atomic E-state index is -0.681. The molecule has 0 fully saturated rings. The highest BCUT2D eigenvalue weighted by Crippen LogP contribution is 2.29. The Balaban J connectivity index is 2.17. The Kier molecular flexibility index (Phi) is 4.87. The third-order valence-electron chi connectivity index (χ3n) is 2.55. The molecule has 0 amide bonds. The average molecular weight is 306 g/mol. The first kappa shape index (κ1) is 15.0. The largest absolute Gasteiger partial charge is 0.481 e. The molecule has 2 N–H and O–H groups in total. The number of hydrogen-bond donors (Lipinski definition) is 1. The van der Waals surface area contributed by atoms with Crippen molar-refractivity contribution in [3.8, 4) is 17.6 Å². The maximum absolute atomic E-state index is 13.0. The molecule has 0 saturated carbocycles. The van der Waals surface area contributed by atoms with Crippen LogP contribution in [0.3, 0.4) is 0 Å². The predicted molar refractivity (Wildman–Crippen MR) is 77.6 cm³/mol. The number of nitrogens with two attached hydrogens (primary N) is 1. The van der Waals surface area contributed by atoms with Gasteiger partial charge in [0, 0.05) is 5.56 Å². The van der Waals surface area contributed by atoms with Gasteiger partial charge < -0.3 is 10.5 Å². The monoisotopic (exact) mass is 306 g/mol. The van der Waals surface area contributed by atoms with Crippen LogP contribution < -0.4 is 10.5 Å². The Morgan fingerprint density at radius 1 is 1.43 bits per heavy atom. The van der Waals surface area contributed by atoms with Crippen LogP contribution in [0.15, 0.2) is 29.6 Å². The van der Waals surface area contributed by atoms with E-state index in [0.29, 0.717) is 0 Å². The number of ether oxygens (including phenoxy) is 1. The smallest absolute Gasteiger partial charge is 0.313 e. The Bertz CT molecular complexity index is 718. The first-order chi connectivity index (χ1) is 10.1. The summed E-state index contributed by atoms with van der Waals surface area (Å²) < 4.78 is 18.5. The second-order valence-electron chi connectivity index (χ2n) is 3.92. The molecule has 5 nitrogen and oxygen atoms in total. The van der Waals surface area contributed by atoms with Crippen LogP contribution in [-0.2, 0) is 6.61 Å². The van der Waals surface area contributed by atoms with Crippen LogP contribution in [0.4, 0.5) is 10.1 Å². The lowest BCUT2D eigenvalue weighted by Crippen LogP contribution is -1.99. The van der Waals surface area contributed by atoms with Gasteiger partial charge in [0.05, 0.1) is 22.4 Å². The van der Waals surface area contributed by atoms with E-state index in [4.69, 9.17) is 10.5 Å². The van der Waals surface area contributed by atoms with E-state index in [0.717, 1.165) is 22.6 Å². The Morgan fingerprint density at radius 3 is 2.95 bits per heavy atom. The molecule has 0 aliphatic carbocycles. The summed E-state index contributed by atoms with van der Waals surface area (Å²) in [5, 5.41) is 12.7. The van der Waals surface area contributed by atoms with E-state index in [-0.39, 0.29) is 18.9 Å². The van der Waals surface area contributed by atoms with Crippen molar-refractivity contribution in [2.75, 3.05) is 6.54 Å². The maximum Gasteiger partial charge on any atom is 0.313 e. The van der Waals surface area contributed by atoms with Gasteiger partial charge in [0.25, 0.3) is 0 Å². The number of halogens is 1. The van der Waals surface area contributed by atoms with Crippen molar-refractivity contribution in [2.45, 2.75) is 6.61 Å². The molecule has 1 heterocycles. The first-order valence-electron chi connectivity index (χ1n) is 5.94. The fourth-order valence-corrected chi connectivity index (χ4v) is 2.35. The summed E-state index contributed by atoms with van der Waals surface area (Å²) in [7, 11) is 0. The van der Waals surface area contributed by atoms with Gasteiger partial charge in [-0.15, -0.1) is 11.3 Å². The van der Waals surface area contributed by atoms with E-state index in [1.54, 1.807) is 0 Å². The van der Waals surface area contributed by atoms with Crippen molar-refractivity contribution in [1.82, 2.24) is 0 Å². The molecule has 0 radical (unpaired) electrons. The van der Waals surface area contributed by atoms with E-state index in [2.05, 4.69) is 11.8 Å². The van der Waals surface area contributed by atoms with Gasteiger partial charge in [-0.3, -0.25) is 10.1 Å². The summed E-state index contributed by atoms with van der Waals surface area (Å²) in [6.45, 7) is 0.373. The molecule has 0 atom stereocenters. The van der Waals surface area contributed by atoms with Crippen LogP contribution in [0.25, 0.3) is 0 Å². The molecule has 0 unspecified atom stereocenters. The average Bonchev–Trinajstić information content (AvgIpc) is 2.91. The number of nitro groups is 1. The second-order valence-corrected chi connectivity index (χ2v) is 4.92. The molecule has 0 aliphatic rings. The van der Waals surface area contributed by atoms with Gasteiger partial charge in [0.2, 0.25) is 0 Å². The Labute approximate surface area is 124 Å². The zero-order valence-electron chi connectivity index (χ0n) is 10.8. The topological polar surface area (TPSA) is 78.4 Å². The maximum atomic E-state index is 13.0. The molecule has 0 aliphatic heterocycles. The van der Waals surface area contributed by atoms with Crippen molar-refractivity contribution >= 4 is 17.0 Å². The zero-order valence-corrected chi connectivity index (χ0v) is 11.7. The number of thiophene rings is 1. The van der Waals surface area contributed by atoms with E-state index < -0.39 is 16.4 Å². The van der Waals surface area contributed by atoms with E-state index >= 15 is 0 Å². The SMILES string of the molecule is NCC#Cc1ccsc1COc1ccc(F)cc1[N+](=O)[O-]. The van der Waals surface area contributed by atoms with Crippen LogP contribution >= 0.6 is 11.3 Å². The summed E-state index contributed by atoms with van der Waals surface area (Å²) in [6.07, 6.45) is 0. The molecule has 21 heavy (non-hydrogen) atoms. The summed E-state index contributed by atoms with van der Waals surface area (Å²) >= 11 is 1.42. The molecular weight excluding hydrogens is 295 g/mol. The van der Waals surface area contributed by atoms with E-state index in [9.17, 15) is 14.5 Å². The third kappa shape index (κ3) is 3.78. The number of nitrogens with zero attached hydrogens (tertiary/aromatic N) is 1. The predicted octanol–water partition coefficient (Wildman–Crippen LogP) is 2.68. The van der Waals surface area contributed by atoms with Gasteiger partial charge in [0.1, 0.15) is 12.4 Å². The van der Waals surface area contributed by atoms with Crippen molar-refractivity contribution in [1.29, 1.82) is 0 Å². The summed E-state index contributed by atoms with van der Waals surface area (Å²) in [5.41, 5.74) is 5.69. The van der Waals surface area contributed by atoms with E-state index in [1.165, 1.54) is 17.4 Å². The first-order valence-corrected chi connectivity index (χ1v) is 6.82. The fraction of sp³-hybridized carbons (Fsp3) is 0.143. The molecule has 7 heteroatoms. The van der Waals surface area contributed by atoms with Gasteiger partial charge >= 0.3 is 5.69 Å². The number of nitro benzene ring substituents is 1. The Hall–Kier alpha value is -2.43. The van der Waals surface area contributed by atoms with E-state index in [1.807, 2.05) is 11.4 Å². The number of hydrogen-bond acceptors (Lipinski definition) is 5. The lowest BCUT2D eigenvalue weighted by Gasteiger charge is -2.06. The van der Waals surface area contributed by atoms with Gasteiger partial charge in [-0.2, -0.15) is 0 Å². The highest BCUT2D eigenvalue weighted by Gasteiger charge is 2.16. The molecule has 1 aromatic carbocycles. The standard InChI is InChI=1S/C14H11FN2O3S/c15-11-3-4-13(12(8-11)17(18)19)20-9-14-10(2-1-6-16)5-7-21-14/h3-5,7-8H,6,9,16H2. The van der Waals surface area contributed by atoms with Crippen molar-refractivity contribution in [3.05, 3.63) is 56.0 Å². The van der Waals surface area contributed by atoms with Crippen LogP contribution in [-0.4, -0.2) is 11.5 Å². The lowest BCUT2D eigenvalue weighted by molar-refractivity contribution is -0.386. The molecule has 2 rings (SSSR count). The summed E-state index contributed by atoms with van der Waals surface area (Å²) in [6, 6.07) is 5.02. The highest BCUT2D eigenvalue weighted by atomic mass is 32.1. The van der Waals surface area contributed by atoms with Gasteiger partial charge in [-0.05, 0) is 23.6 Å². The van der Waals surface area contributed by atoms with Crippen molar-refractivity contribution < 1.29 is 14.1 Å². The van der Waals surface area contributed by atoms with Crippen molar-refractivity contribution in [3.63, 3.8) is 0 Å². The fourth-order valence-electron chi connectivity index (χ4n) is 1.61. The quantitative estimate of drug-likeness (QED) is 0.535. The molecule has 0 spiro atoms. The molecule has 0 saturated heterocycles. The van der Waals surface area contributed by atoms with Gasteiger partial charge in [-0.25, -0.2) is 4.39 Å².